The summed E-state index contributed by atoms with van der Waals surface area (Å²) < 4.78 is 38.8. The van der Waals surface area contributed by atoms with E-state index in [0.717, 1.165) is 25.0 Å². The lowest BCUT2D eigenvalue weighted by molar-refractivity contribution is 0.0296. The Balaban J connectivity index is 3.14. The van der Waals surface area contributed by atoms with Gasteiger partial charge in [0.05, 0.1) is 17.1 Å². The molecule has 0 unspecified atom stereocenters. The molecule has 0 aliphatic rings. The van der Waals surface area contributed by atoms with Crippen molar-refractivity contribution in [1.29, 1.82) is 0 Å². The number of carbonyl (C=O) groups excluding carboxylic acids is 2. The number of hydrogen-bond acceptors (Lipinski definition) is 6. The van der Waals surface area contributed by atoms with Crippen LogP contribution in [-0.2, 0) is 14.9 Å². The van der Waals surface area contributed by atoms with Crippen molar-refractivity contribution in [3.05, 3.63) is 29.3 Å². The van der Waals surface area contributed by atoms with Crippen LogP contribution in [-0.4, -0.2) is 31.3 Å². The third-order valence-electron chi connectivity index (χ3n) is 4.10. The maximum absolute atomic E-state index is 12.1. The molecule has 1 rings (SSSR count). The van der Waals surface area contributed by atoms with Crippen LogP contribution < -0.4 is 0 Å². The summed E-state index contributed by atoms with van der Waals surface area (Å²) >= 11 is 0. The highest BCUT2D eigenvalue weighted by molar-refractivity contribution is 7.85. The molecule has 0 aliphatic heterocycles. The minimum absolute atomic E-state index is 0.0254. The predicted octanol–water partition coefficient (Wildman–Crippen LogP) is 2.78. The molecule has 6 nitrogen and oxygen atoms in total. The lowest BCUT2D eigenvalue weighted by Crippen LogP contribution is -2.24. The highest BCUT2D eigenvalue weighted by atomic mass is 32.2. The molecule has 1 aromatic carbocycles. The van der Waals surface area contributed by atoms with Gasteiger partial charge < -0.3 is 9.29 Å². The van der Waals surface area contributed by atoms with E-state index in [0.29, 0.717) is 0 Å². The molecule has 128 valence electrons. The van der Waals surface area contributed by atoms with Crippen LogP contribution in [0.15, 0.2) is 23.1 Å². The van der Waals surface area contributed by atoms with Gasteiger partial charge in [-0.1, -0.05) is 20.8 Å². The summed E-state index contributed by atoms with van der Waals surface area (Å²) in [6, 6.07) is 3.13. The first kappa shape index (κ1) is 19.3. The molecule has 7 heteroatoms. The second kappa shape index (κ2) is 7.23. The standard InChI is InChI=1S/C16H22O6S/c1-5-16(4,6-2)10-22-15(18)13-7-12(11(3)17)8-14(9-13)23(19,20)21/h7-9H,5-6,10H2,1-4H3,(H,19,20,21)/p-1. The summed E-state index contributed by atoms with van der Waals surface area (Å²) in [7, 11) is -4.78. The molecule has 0 saturated heterocycles. The first-order valence-corrected chi connectivity index (χ1v) is 8.72. The third-order valence-corrected chi connectivity index (χ3v) is 4.91. The topological polar surface area (TPSA) is 101 Å². The summed E-state index contributed by atoms with van der Waals surface area (Å²) in [6.45, 7) is 7.32. The van der Waals surface area contributed by atoms with Crippen molar-refractivity contribution >= 4 is 21.9 Å². The number of ketones is 1. The van der Waals surface area contributed by atoms with Gasteiger partial charge in [0.1, 0.15) is 10.1 Å². The Bertz CT molecular complexity index is 701. The average molecular weight is 341 g/mol. The average Bonchev–Trinajstić information content (AvgIpc) is 2.50. The number of benzene rings is 1. The Kier molecular flexibility index (Phi) is 6.07. The van der Waals surface area contributed by atoms with Gasteiger partial charge in [-0.05, 0) is 38.0 Å². The molecule has 0 N–H and O–H groups in total. The van der Waals surface area contributed by atoms with Crippen molar-refractivity contribution in [3.63, 3.8) is 0 Å². The van der Waals surface area contributed by atoms with Gasteiger partial charge in [-0.3, -0.25) is 4.79 Å². The number of ether oxygens (including phenoxy) is 1. The Morgan fingerprint density at radius 2 is 1.65 bits per heavy atom. The first-order valence-electron chi connectivity index (χ1n) is 7.31. The molecule has 0 heterocycles. The number of Topliss-reactive ketones (excluding diaryl/α,β-unsaturated/α-hetero) is 1. The van der Waals surface area contributed by atoms with Crippen molar-refractivity contribution in [2.75, 3.05) is 6.61 Å². The molecule has 0 fully saturated rings. The lowest BCUT2D eigenvalue weighted by Gasteiger charge is -2.25. The van der Waals surface area contributed by atoms with Gasteiger partial charge in [0.15, 0.2) is 5.78 Å². The van der Waals surface area contributed by atoms with Crippen LogP contribution in [0, 0.1) is 5.41 Å². The maximum atomic E-state index is 12.1. The molecule has 0 aromatic heterocycles. The van der Waals surface area contributed by atoms with E-state index < -0.39 is 26.8 Å². The second-order valence-electron chi connectivity index (χ2n) is 5.85. The van der Waals surface area contributed by atoms with Crippen LogP contribution in [0.4, 0.5) is 0 Å². The minimum Gasteiger partial charge on any atom is -0.744 e. The van der Waals surface area contributed by atoms with Gasteiger partial charge in [0.25, 0.3) is 0 Å². The zero-order chi connectivity index (χ0) is 17.8. The molecule has 0 amide bonds. The minimum atomic E-state index is -4.78. The van der Waals surface area contributed by atoms with Crippen molar-refractivity contribution in [3.8, 4) is 0 Å². The Labute approximate surface area is 136 Å². The van der Waals surface area contributed by atoms with Crippen LogP contribution in [0.1, 0.15) is 61.3 Å². The monoisotopic (exact) mass is 341 g/mol. The first-order chi connectivity index (χ1) is 10.5. The lowest BCUT2D eigenvalue weighted by atomic mass is 9.86. The second-order valence-corrected chi connectivity index (χ2v) is 7.23. The Morgan fingerprint density at radius 3 is 2.09 bits per heavy atom. The quantitative estimate of drug-likeness (QED) is 0.429. The van der Waals surface area contributed by atoms with Crippen molar-refractivity contribution in [1.82, 2.24) is 0 Å². The van der Waals surface area contributed by atoms with Crippen molar-refractivity contribution in [2.24, 2.45) is 5.41 Å². The molecule has 0 aliphatic carbocycles. The summed E-state index contributed by atoms with van der Waals surface area (Å²) in [4.78, 5) is 23.0. The van der Waals surface area contributed by atoms with E-state index in [4.69, 9.17) is 4.74 Å². The smallest absolute Gasteiger partial charge is 0.338 e. The Morgan fingerprint density at radius 1 is 1.13 bits per heavy atom. The van der Waals surface area contributed by atoms with Crippen LogP contribution in [0.5, 0.6) is 0 Å². The SMILES string of the molecule is CCC(C)(CC)COC(=O)c1cc(C(C)=O)cc(S(=O)(=O)[O-])c1. The van der Waals surface area contributed by atoms with Crippen LogP contribution in [0.25, 0.3) is 0 Å². The highest BCUT2D eigenvalue weighted by Crippen LogP contribution is 2.26. The van der Waals surface area contributed by atoms with Gasteiger partial charge in [-0.25, -0.2) is 13.2 Å². The fourth-order valence-electron chi connectivity index (χ4n) is 1.84. The van der Waals surface area contributed by atoms with E-state index >= 15 is 0 Å². The van der Waals surface area contributed by atoms with Crippen LogP contribution >= 0.6 is 0 Å². The van der Waals surface area contributed by atoms with Crippen LogP contribution in [0.2, 0.25) is 0 Å². The largest absolute Gasteiger partial charge is 0.744 e. The van der Waals surface area contributed by atoms with Gasteiger partial charge in [0.2, 0.25) is 0 Å². The normalized spacial score (nSPS) is 12.0. The molecular weight excluding hydrogens is 320 g/mol. The van der Waals surface area contributed by atoms with E-state index in [9.17, 15) is 22.6 Å². The zero-order valence-corrected chi connectivity index (χ0v) is 14.5. The van der Waals surface area contributed by atoms with Gasteiger partial charge in [0, 0.05) is 11.0 Å². The van der Waals surface area contributed by atoms with E-state index in [-0.39, 0.29) is 23.1 Å². The summed E-state index contributed by atoms with van der Waals surface area (Å²) in [5.41, 5.74) is -0.328. The van der Waals surface area contributed by atoms with E-state index in [2.05, 4.69) is 0 Å². The number of hydrogen-bond donors (Lipinski definition) is 0. The molecule has 0 bridgehead atoms. The molecule has 23 heavy (non-hydrogen) atoms. The van der Waals surface area contributed by atoms with Crippen LogP contribution in [0.3, 0.4) is 0 Å². The molecule has 0 spiro atoms. The molecule has 1 aromatic rings. The number of esters is 1. The van der Waals surface area contributed by atoms with E-state index in [1.54, 1.807) is 0 Å². The van der Waals surface area contributed by atoms with Crippen molar-refractivity contribution < 1.29 is 27.3 Å². The summed E-state index contributed by atoms with van der Waals surface area (Å²) in [6.07, 6.45) is 1.62. The predicted molar refractivity (Wildman–Crippen MR) is 83.4 cm³/mol. The van der Waals surface area contributed by atoms with Gasteiger partial charge >= 0.3 is 5.97 Å². The number of rotatable bonds is 7. The Hall–Kier alpha value is -1.73. The fraction of sp³-hybridized carbons (Fsp3) is 0.500. The number of carbonyl (C=O) groups is 2. The van der Waals surface area contributed by atoms with E-state index in [1.165, 1.54) is 13.0 Å². The fourth-order valence-corrected chi connectivity index (χ4v) is 2.38. The van der Waals surface area contributed by atoms with Gasteiger partial charge in [-0.15, -0.1) is 0 Å². The zero-order valence-electron chi connectivity index (χ0n) is 13.7. The van der Waals surface area contributed by atoms with Crippen molar-refractivity contribution in [2.45, 2.75) is 45.4 Å². The van der Waals surface area contributed by atoms with Gasteiger partial charge in [-0.2, -0.15) is 0 Å². The molecule has 0 radical (unpaired) electrons. The summed E-state index contributed by atoms with van der Waals surface area (Å²) in [5.74, 6) is -1.21. The molecular formula is C16H21O6S-. The molecule has 0 saturated carbocycles. The maximum Gasteiger partial charge on any atom is 0.338 e. The highest BCUT2D eigenvalue weighted by Gasteiger charge is 2.23. The van der Waals surface area contributed by atoms with E-state index in [1.807, 2.05) is 20.8 Å². The summed E-state index contributed by atoms with van der Waals surface area (Å²) in [5, 5.41) is 0. The molecule has 0 atom stereocenters. The third kappa shape index (κ3) is 5.14.